The number of carbonyl (C=O) groups is 1. The molecule has 0 spiro atoms. The summed E-state index contributed by atoms with van der Waals surface area (Å²) in [5, 5.41) is 8.58. The molecular weight excluding hydrogens is 314 g/mol. The molecule has 3 aromatic rings. The van der Waals surface area contributed by atoms with Crippen molar-refractivity contribution in [1.29, 1.82) is 0 Å². The Hall–Kier alpha value is -2.38. The van der Waals surface area contributed by atoms with Crippen LogP contribution in [0, 0.1) is 6.92 Å². The summed E-state index contributed by atoms with van der Waals surface area (Å²) in [5.41, 5.74) is 0. The molecule has 7 heteroatoms. The van der Waals surface area contributed by atoms with Gasteiger partial charge in [0.1, 0.15) is 18.8 Å². The van der Waals surface area contributed by atoms with E-state index in [-0.39, 0.29) is 5.91 Å². The molecule has 0 aliphatic heterocycles. The lowest BCUT2D eigenvalue weighted by atomic mass is 10.3. The first kappa shape index (κ1) is 15.5. The van der Waals surface area contributed by atoms with Gasteiger partial charge in [0.15, 0.2) is 18.1 Å². The molecule has 0 aromatic carbocycles. The molecule has 0 saturated heterocycles. The van der Waals surface area contributed by atoms with Crippen LogP contribution in [0.4, 0.5) is 5.82 Å². The highest BCUT2D eigenvalue weighted by Gasteiger charge is 2.18. The normalized spacial score (nSPS) is 12.2. The number of aryl methyl sites for hydroxylation is 1. The molecule has 3 aromatic heterocycles. The SMILES string of the molecule is Cc1cc(NC(=O)C[NH+](Cc2ccco2)Cc2cccs2)no1. The van der Waals surface area contributed by atoms with Crippen molar-refractivity contribution in [2.75, 3.05) is 11.9 Å². The first-order valence-corrected chi connectivity index (χ1v) is 8.18. The topological polar surface area (TPSA) is 72.7 Å². The van der Waals surface area contributed by atoms with Gasteiger partial charge >= 0.3 is 0 Å². The molecule has 0 radical (unpaired) electrons. The highest BCUT2D eigenvalue weighted by molar-refractivity contribution is 7.09. The van der Waals surface area contributed by atoms with Crippen LogP contribution in [0.15, 0.2) is 50.9 Å². The third kappa shape index (κ3) is 4.54. The van der Waals surface area contributed by atoms with Crippen LogP contribution in [0.2, 0.25) is 0 Å². The van der Waals surface area contributed by atoms with E-state index in [9.17, 15) is 4.79 Å². The molecule has 3 heterocycles. The first-order chi connectivity index (χ1) is 11.2. The van der Waals surface area contributed by atoms with Gasteiger partial charge in [-0.05, 0) is 30.5 Å². The van der Waals surface area contributed by atoms with E-state index in [4.69, 9.17) is 8.94 Å². The van der Waals surface area contributed by atoms with Crippen molar-refractivity contribution in [3.05, 3.63) is 58.4 Å². The summed E-state index contributed by atoms with van der Waals surface area (Å²) in [5.74, 6) is 1.87. The number of amides is 1. The van der Waals surface area contributed by atoms with Crippen molar-refractivity contribution in [3.8, 4) is 0 Å². The Labute approximate surface area is 137 Å². The van der Waals surface area contributed by atoms with E-state index in [1.54, 1.807) is 30.6 Å². The van der Waals surface area contributed by atoms with Crippen LogP contribution >= 0.6 is 11.3 Å². The Bertz CT molecular complexity index is 698. The van der Waals surface area contributed by atoms with Crippen LogP contribution in [-0.4, -0.2) is 17.6 Å². The summed E-state index contributed by atoms with van der Waals surface area (Å²) in [7, 11) is 0. The van der Waals surface area contributed by atoms with Gasteiger partial charge in [0.2, 0.25) is 0 Å². The molecule has 1 unspecified atom stereocenters. The second kappa shape index (κ2) is 7.26. The van der Waals surface area contributed by atoms with Gasteiger partial charge in [-0.1, -0.05) is 11.2 Å². The number of nitrogens with zero attached hydrogens (tertiary/aromatic N) is 1. The Morgan fingerprint density at radius 1 is 1.35 bits per heavy atom. The summed E-state index contributed by atoms with van der Waals surface area (Å²) in [6, 6.07) is 9.57. The number of hydrogen-bond donors (Lipinski definition) is 2. The van der Waals surface area contributed by atoms with E-state index >= 15 is 0 Å². The Kier molecular flexibility index (Phi) is 4.89. The predicted octanol–water partition coefficient (Wildman–Crippen LogP) is 1.86. The van der Waals surface area contributed by atoms with Crippen molar-refractivity contribution in [3.63, 3.8) is 0 Å². The van der Waals surface area contributed by atoms with E-state index in [2.05, 4.69) is 16.5 Å². The van der Waals surface area contributed by atoms with Crippen LogP contribution in [-0.2, 0) is 17.9 Å². The lowest BCUT2D eigenvalue weighted by molar-refractivity contribution is -0.920. The van der Waals surface area contributed by atoms with Crippen LogP contribution in [0.5, 0.6) is 0 Å². The lowest BCUT2D eigenvalue weighted by Crippen LogP contribution is -3.10. The van der Waals surface area contributed by atoms with Crippen molar-refractivity contribution in [2.45, 2.75) is 20.0 Å². The molecule has 2 N–H and O–H groups in total. The van der Waals surface area contributed by atoms with E-state index < -0.39 is 0 Å². The number of hydrogen-bond acceptors (Lipinski definition) is 5. The van der Waals surface area contributed by atoms with Gasteiger partial charge in [-0.3, -0.25) is 4.79 Å². The smallest absolute Gasteiger partial charge is 0.280 e. The molecule has 23 heavy (non-hydrogen) atoms. The molecule has 1 amide bonds. The van der Waals surface area contributed by atoms with Crippen LogP contribution < -0.4 is 10.2 Å². The molecule has 6 nitrogen and oxygen atoms in total. The average molecular weight is 332 g/mol. The van der Waals surface area contributed by atoms with Crippen LogP contribution in [0.25, 0.3) is 0 Å². The molecular formula is C16H18N3O3S+. The van der Waals surface area contributed by atoms with Crippen molar-refractivity contribution >= 4 is 23.1 Å². The maximum atomic E-state index is 12.2. The summed E-state index contributed by atoms with van der Waals surface area (Å²) < 4.78 is 10.4. The minimum absolute atomic E-state index is 0.101. The van der Waals surface area contributed by atoms with Gasteiger partial charge in [0.05, 0.1) is 11.1 Å². The largest absolute Gasteiger partial charge is 0.463 e. The first-order valence-electron chi connectivity index (χ1n) is 7.30. The number of rotatable bonds is 7. The fourth-order valence-corrected chi connectivity index (χ4v) is 3.12. The van der Waals surface area contributed by atoms with Gasteiger partial charge < -0.3 is 19.2 Å². The second-order valence-electron chi connectivity index (χ2n) is 5.31. The van der Waals surface area contributed by atoms with Gasteiger partial charge in [-0.25, -0.2) is 0 Å². The van der Waals surface area contributed by atoms with E-state index in [1.807, 2.05) is 23.6 Å². The molecule has 0 aliphatic carbocycles. The summed E-state index contributed by atoms with van der Waals surface area (Å²) in [6.45, 7) is 3.53. The number of thiophene rings is 1. The summed E-state index contributed by atoms with van der Waals surface area (Å²) >= 11 is 1.69. The fraction of sp³-hybridized carbons (Fsp3) is 0.250. The predicted molar refractivity (Wildman–Crippen MR) is 86.1 cm³/mol. The summed E-state index contributed by atoms with van der Waals surface area (Å²) in [4.78, 5) is 14.6. The molecule has 0 saturated carbocycles. The zero-order chi connectivity index (χ0) is 16.1. The molecule has 0 fully saturated rings. The van der Waals surface area contributed by atoms with Gasteiger partial charge in [-0.2, -0.15) is 0 Å². The van der Waals surface area contributed by atoms with E-state index in [0.717, 1.165) is 17.2 Å². The van der Waals surface area contributed by atoms with E-state index in [0.29, 0.717) is 24.7 Å². The maximum absolute atomic E-state index is 12.2. The quantitative estimate of drug-likeness (QED) is 0.693. The number of quaternary nitrogens is 1. The van der Waals surface area contributed by atoms with Gasteiger partial charge in [0.25, 0.3) is 5.91 Å². The number of nitrogens with one attached hydrogen (secondary N) is 2. The molecule has 120 valence electrons. The number of aromatic nitrogens is 1. The second-order valence-corrected chi connectivity index (χ2v) is 6.34. The molecule has 3 rings (SSSR count). The monoisotopic (exact) mass is 332 g/mol. The van der Waals surface area contributed by atoms with Gasteiger partial charge in [-0.15, -0.1) is 11.3 Å². The Morgan fingerprint density at radius 2 is 2.26 bits per heavy atom. The van der Waals surface area contributed by atoms with Crippen molar-refractivity contribution in [2.24, 2.45) is 0 Å². The van der Waals surface area contributed by atoms with Crippen molar-refractivity contribution < 1.29 is 18.6 Å². The van der Waals surface area contributed by atoms with E-state index in [1.165, 1.54) is 4.88 Å². The van der Waals surface area contributed by atoms with Crippen LogP contribution in [0.3, 0.4) is 0 Å². The Morgan fingerprint density at radius 3 is 2.91 bits per heavy atom. The third-order valence-corrected chi connectivity index (χ3v) is 4.19. The molecule has 1 atom stereocenters. The fourth-order valence-electron chi connectivity index (χ4n) is 2.35. The van der Waals surface area contributed by atoms with Crippen molar-refractivity contribution in [1.82, 2.24) is 5.16 Å². The standard InChI is InChI=1S/C16H17N3O3S/c1-12-8-15(18-22-12)17-16(20)11-19(9-13-4-2-6-21-13)10-14-5-3-7-23-14/h2-8H,9-11H2,1H3,(H,17,18,20)/p+1. The minimum Gasteiger partial charge on any atom is -0.463 e. The Balaban J connectivity index is 1.63. The highest BCUT2D eigenvalue weighted by atomic mass is 32.1. The number of carbonyl (C=O) groups excluding carboxylic acids is 1. The molecule has 0 bridgehead atoms. The average Bonchev–Trinajstić information content (AvgIpc) is 3.23. The van der Waals surface area contributed by atoms with Crippen LogP contribution in [0.1, 0.15) is 16.4 Å². The zero-order valence-corrected chi connectivity index (χ0v) is 13.6. The highest BCUT2D eigenvalue weighted by Crippen LogP contribution is 2.08. The lowest BCUT2D eigenvalue weighted by Gasteiger charge is -2.17. The number of furan rings is 1. The molecule has 0 aliphatic rings. The van der Waals surface area contributed by atoms with Gasteiger partial charge in [0, 0.05) is 6.07 Å². The minimum atomic E-state index is -0.101. The number of anilines is 1. The third-order valence-electron chi connectivity index (χ3n) is 3.31. The zero-order valence-electron chi connectivity index (χ0n) is 12.7. The maximum Gasteiger partial charge on any atom is 0.280 e. The summed E-state index contributed by atoms with van der Waals surface area (Å²) in [6.07, 6.45) is 1.65.